The molecule has 3 heterocycles. The molecule has 7 nitrogen and oxygen atoms in total. The minimum absolute atomic E-state index is 0.0712. The van der Waals surface area contributed by atoms with Crippen LogP contribution in [0.2, 0.25) is 0 Å². The van der Waals surface area contributed by atoms with Crippen molar-refractivity contribution in [3.8, 4) is 0 Å². The van der Waals surface area contributed by atoms with E-state index in [9.17, 15) is 14.4 Å². The molecule has 154 valence electrons. The van der Waals surface area contributed by atoms with Crippen molar-refractivity contribution in [3.05, 3.63) is 24.2 Å². The molecule has 28 heavy (non-hydrogen) atoms. The van der Waals surface area contributed by atoms with Crippen molar-refractivity contribution in [2.24, 2.45) is 5.41 Å². The molecular formula is C21H31N3O4. The van der Waals surface area contributed by atoms with Crippen molar-refractivity contribution >= 4 is 17.7 Å². The van der Waals surface area contributed by atoms with Crippen LogP contribution < -0.4 is 0 Å². The molecule has 0 saturated carbocycles. The molecule has 0 N–H and O–H groups in total. The molecule has 1 aromatic rings. The number of likely N-dealkylation sites (tertiary alicyclic amines) is 1. The van der Waals surface area contributed by atoms with Crippen LogP contribution in [0.15, 0.2) is 22.8 Å². The standard InChI is InChI=1S/C21H31N3O4/c1-4-16-8-5-6-10-24(16)20(27)21(2,3)19(26)23-13-11-22(12-14-23)18(25)17-9-7-15-28-17/h7,9,15-16H,4-6,8,10-14H2,1-3H3. The van der Waals surface area contributed by atoms with Gasteiger partial charge in [-0.05, 0) is 51.7 Å². The van der Waals surface area contributed by atoms with Crippen molar-refractivity contribution in [1.29, 1.82) is 0 Å². The van der Waals surface area contributed by atoms with Crippen LogP contribution in [-0.2, 0) is 9.59 Å². The summed E-state index contributed by atoms with van der Waals surface area (Å²) in [5, 5.41) is 0. The topological polar surface area (TPSA) is 74.1 Å². The number of nitrogens with zero attached hydrogens (tertiary/aromatic N) is 3. The Balaban J connectivity index is 1.61. The molecule has 2 saturated heterocycles. The Morgan fingerprint density at radius 2 is 1.71 bits per heavy atom. The average molecular weight is 389 g/mol. The monoisotopic (exact) mass is 389 g/mol. The van der Waals surface area contributed by atoms with Gasteiger partial charge >= 0.3 is 0 Å². The normalized spacial score (nSPS) is 21.0. The van der Waals surface area contributed by atoms with E-state index < -0.39 is 5.41 Å². The van der Waals surface area contributed by atoms with E-state index in [0.717, 1.165) is 32.2 Å². The lowest BCUT2D eigenvalue weighted by Crippen LogP contribution is -2.58. The number of piperidine rings is 1. The first kappa shape index (κ1) is 20.4. The minimum atomic E-state index is -1.09. The first-order valence-electron chi connectivity index (χ1n) is 10.3. The second-order valence-corrected chi connectivity index (χ2v) is 8.24. The highest BCUT2D eigenvalue weighted by Gasteiger charge is 2.44. The quantitative estimate of drug-likeness (QED) is 0.741. The molecule has 1 atom stereocenters. The highest BCUT2D eigenvalue weighted by atomic mass is 16.3. The molecule has 0 aliphatic carbocycles. The molecule has 2 aliphatic rings. The van der Waals surface area contributed by atoms with E-state index in [4.69, 9.17) is 4.42 Å². The van der Waals surface area contributed by atoms with E-state index in [2.05, 4.69) is 6.92 Å². The van der Waals surface area contributed by atoms with Crippen LogP contribution >= 0.6 is 0 Å². The first-order chi connectivity index (χ1) is 13.4. The zero-order valence-electron chi connectivity index (χ0n) is 17.1. The number of piperazine rings is 1. The van der Waals surface area contributed by atoms with Crippen LogP contribution in [0.1, 0.15) is 57.0 Å². The Bertz CT molecular complexity index is 705. The van der Waals surface area contributed by atoms with Gasteiger partial charge in [0, 0.05) is 38.8 Å². The van der Waals surface area contributed by atoms with Crippen molar-refractivity contribution in [3.63, 3.8) is 0 Å². The number of amides is 3. The van der Waals surface area contributed by atoms with Crippen molar-refractivity contribution in [1.82, 2.24) is 14.7 Å². The molecule has 0 spiro atoms. The Labute approximate surface area is 166 Å². The highest BCUT2D eigenvalue weighted by Crippen LogP contribution is 2.29. The van der Waals surface area contributed by atoms with Gasteiger partial charge < -0.3 is 19.1 Å². The maximum atomic E-state index is 13.2. The molecule has 7 heteroatoms. The Hall–Kier alpha value is -2.31. The first-order valence-corrected chi connectivity index (χ1v) is 10.3. The number of hydrogen-bond acceptors (Lipinski definition) is 4. The maximum absolute atomic E-state index is 13.2. The summed E-state index contributed by atoms with van der Waals surface area (Å²) in [5.41, 5.74) is -1.09. The summed E-state index contributed by atoms with van der Waals surface area (Å²) >= 11 is 0. The van der Waals surface area contributed by atoms with Gasteiger partial charge in [0.05, 0.1) is 6.26 Å². The van der Waals surface area contributed by atoms with Gasteiger partial charge in [-0.25, -0.2) is 0 Å². The number of furan rings is 1. The fraction of sp³-hybridized carbons (Fsp3) is 0.667. The average Bonchev–Trinajstić information content (AvgIpc) is 3.27. The SMILES string of the molecule is CCC1CCCCN1C(=O)C(C)(C)C(=O)N1CCN(C(=O)c2ccco2)CC1. The Morgan fingerprint density at radius 1 is 1.04 bits per heavy atom. The second kappa shape index (κ2) is 8.37. The van der Waals surface area contributed by atoms with Crippen LogP contribution in [0.4, 0.5) is 0 Å². The van der Waals surface area contributed by atoms with Crippen LogP contribution in [-0.4, -0.2) is 71.2 Å². The summed E-state index contributed by atoms with van der Waals surface area (Å²) in [7, 11) is 0. The van der Waals surface area contributed by atoms with E-state index >= 15 is 0 Å². The number of rotatable bonds is 4. The van der Waals surface area contributed by atoms with Crippen molar-refractivity contribution < 1.29 is 18.8 Å². The molecule has 2 aliphatic heterocycles. The third kappa shape index (κ3) is 3.93. The lowest BCUT2D eigenvalue weighted by atomic mass is 9.87. The predicted octanol–water partition coefficient (Wildman–Crippen LogP) is 2.38. The molecular weight excluding hydrogens is 358 g/mol. The van der Waals surface area contributed by atoms with E-state index in [1.807, 2.05) is 4.90 Å². The summed E-state index contributed by atoms with van der Waals surface area (Å²) in [6, 6.07) is 3.56. The van der Waals surface area contributed by atoms with Gasteiger partial charge in [-0.3, -0.25) is 14.4 Å². The van der Waals surface area contributed by atoms with Gasteiger partial charge in [-0.15, -0.1) is 0 Å². The molecule has 0 aromatic carbocycles. The molecule has 1 unspecified atom stereocenters. The van der Waals surface area contributed by atoms with Gasteiger partial charge in [-0.1, -0.05) is 6.92 Å². The fourth-order valence-corrected chi connectivity index (χ4v) is 4.21. The van der Waals surface area contributed by atoms with Crippen LogP contribution in [0.3, 0.4) is 0 Å². The van der Waals surface area contributed by atoms with Crippen LogP contribution in [0.5, 0.6) is 0 Å². The third-order valence-electron chi connectivity index (χ3n) is 6.01. The van der Waals surface area contributed by atoms with E-state index in [-0.39, 0.29) is 23.8 Å². The van der Waals surface area contributed by atoms with Gasteiger partial charge in [0.15, 0.2) is 5.76 Å². The zero-order chi connectivity index (χ0) is 20.3. The smallest absolute Gasteiger partial charge is 0.289 e. The summed E-state index contributed by atoms with van der Waals surface area (Å²) in [6.07, 6.45) is 5.55. The molecule has 3 rings (SSSR count). The lowest BCUT2D eigenvalue weighted by molar-refractivity contribution is -0.157. The molecule has 2 fully saturated rings. The van der Waals surface area contributed by atoms with Crippen molar-refractivity contribution in [2.45, 2.75) is 52.5 Å². The van der Waals surface area contributed by atoms with Gasteiger partial charge in [0.1, 0.15) is 5.41 Å². The molecule has 3 amide bonds. The van der Waals surface area contributed by atoms with Gasteiger partial charge in [-0.2, -0.15) is 0 Å². The number of carbonyl (C=O) groups is 3. The minimum Gasteiger partial charge on any atom is -0.459 e. The Morgan fingerprint density at radius 3 is 2.32 bits per heavy atom. The fourth-order valence-electron chi connectivity index (χ4n) is 4.21. The van der Waals surface area contributed by atoms with Gasteiger partial charge in [0.25, 0.3) is 5.91 Å². The third-order valence-corrected chi connectivity index (χ3v) is 6.01. The summed E-state index contributed by atoms with van der Waals surface area (Å²) < 4.78 is 5.17. The number of hydrogen-bond donors (Lipinski definition) is 0. The number of carbonyl (C=O) groups excluding carboxylic acids is 3. The highest BCUT2D eigenvalue weighted by molar-refractivity contribution is 6.04. The molecule has 0 radical (unpaired) electrons. The zero-order valence-corrected chi connectivity index (χ0v) is 17.1. The lowest BCUT2D eigenvalue weighted by Gasteiger charge is -2.42. The second-order valence-electron chi connectivity index (χ2n) is 8.24. The van der Waals surface area contributed by atoms with Crippen LogP contribution in [0, 0.1) is 5.41 Å². The van der Waals surface area contributed by atoms with E-state index in [1.54, 1.807) is 35.8 Å². The summed E-state index contributed by atoms with van der Waals surface area (Å²) in [4.78, 5) is 44.1. The van der Waals surface area contributed by atoms with Crippen molar-refractivity contribution in [2.75, 3.05) is 32.7 Å². The summed E-state index contributed by atoms with van der Waals surface area (Å²) in [6.45, 7) is 8.05. The predicted molar refractivity (Wildman–Crippen MR) is 105 cm³/mol. The molecule has 0 bridgehead atoms. The summed E-state index contributed by atoms with van der Waals surface area (Å²) in [5.74, 6) is -0.0707. The largest absolute Gasteiger partial charge is 0.459 e. The van der Waals surface area contributed by atoms with Crippen LogP contribution in [0.25, 0.3) is 0 Å². The van der Waals surface area contributed by atoms with E-state index in [0.29, 0.717) is 31.9 Å². The van der Waals surface area contributed by atoms with Gasteiger partial charge in [0.2, 0.25) is 11.8 Å². The molecule has 1 aromatic heterocycles. The van der Waals surface area contributed by atoms with E-state index in [1.165, 1.54) is 6.26 Å². The maximum Gasteiger partial charge on any atom is 0.289 e. The Kier molecular flexibility index (Phi) is 6.10.